The van der Waals surface area contributed by atoms with Crippen LogP contribution in [-0.4, -0.2) is 40.1 Å². The maximum atomic E-state index is 11.4. The van der Waals surface area contributed by atoms with Crippen molar-refractivity contribution in [3.63, 3.8) is 0 Å². The Bertz CT molecular complexity index is 261. The van der Waals surface area contributed by atoms with Crippen molar-refractivity contribution in [2.45, 2.75) is 58.8 Å². The maximum Gasteiger partial charge on any atom is 0.322 e. The van der Waals surface area contributed by atoms with E-state index < -0.39 is 8.32 Å². The number of nitrogens with one attached hydrogen (secondary N) is 1. The molecule has 0 saturated carbocycles. The van der Waals surface area contributed by atoms with Crippen LogP contribution < -0.4 is 5.32 Å². The maximum absolute atomic E-state index is 11.4. The van der Waals surface area contributed by atoms with E-state index >= 15 is 0 Å². The van der Waals surface area contributed by atoms with Gasteiger partial charge >= 0.3 is 5.97 Å². The fraction of sp³-hybridized carbons (Fsp3) is 0.923. The Balaban J connectivity index is 3.90. The summed E-state index contributed by atoms with van der Waals surface area (Å²) >= 11 is 0. The molecular weight excluding hydrogens is 246 g/mol. The van der Waals surface area contributed by atoms with Crippen LogP contribution in [0.5, 0.6) is 0 Å². The lowest BCUT2D eigenvalue weighted by Crippen LogP contribution is -2.44. The molecule has 4 nitrogen and oxygen atoms in total. The lowest BCUT2D eigenvalue weighted by molar-refractivity contribution is -0.145. The topological polar surface area (TPSA) is 47.6 Å². The highest BCUT2D eigenvalue weighted by Gasteiger charge is 2.36. The first-order chi connectivity index (χ1) is 8.12. The van der Waals surface area contributed by atoms with Crippen molar-refractivity contribution >= 4 is 14.3 Å². The molecule has 5 heteroatoms. The van der Waals surface area contributed by atoms with E-state index in [1.165, 1.54) is 0 Å². The Labute approximate surface area is 113 Å². The highest BCUT2D eigenvalue weighted by atomic mass is 28.4. The number of hydrogen-bond donors (Lipinski definition) is 1. The highest BCUT2D eigenvalue weighted by molar-refractivity contribution is 6.74. The molecule has 0 aliphatic heterocycles. The van der Waals surface area contributed by atoms with Crippen LogP contribution in [0.15, 0.2) is 0 Å². The van der Waals surface area contributed by atoms with Gasteiger partial charge in [0, 0.05) is 13.2 Å². The third-order valence-electron chi connectivity index (χ3n) is 3.46. The summed E-state index contributed by atoms with van der Waals surface area (Å²) in [7, 11) is -1.68. The molecule has 0 fully saturated rings. The summed E-state index contributed by atoms with van der Waals surface area (Å²) in [5, 5.41) is 3.34. The SMILES string of the molecule is CCOC(=O)[C@H](C)NCCO[Si](C)(C)C(C)(C)C. The zero-order valence-electron chi connectivity index (χ0n) is 12.9. The monoisotopic (exact) mass is 275 g/mol. The van der Waals surface area contributed by atoms with Crippen molar-refractivity contribution in [1.29, 1.82) is 0 Å². The van der Waals surface area contributed by atoms with Crippen molar-refractivity contribution in [2.24, 2.45) is 0 Å². The molecule has 1 atom stereocenters. The van der Waals surface area contributed by atoms with Crippen LogP contribution in [0, 0.1) is 0 Å². The number of hydrogen-bond acceptors (Lipinski definition) is 4. The Morgan fingerprint density at radius 3 is 2.33 bits per heavy atom. The van der Waals surface area contributed by atoms with Gasteiger partial charge in [0.1, 0.15) is 6.04 Å². The summed E-state index contributed by atoms with van der Waals surface area (Å²) in [6.45, 7) is 16.5. The van der Waals surface area contributed by atoms with E-state index in [2.05, 4.69) is 39.2 Å². The lowest BCUT2D eigenvalue weighted by atomic mass is 10.2. The van der Waals surface area contributed by atoms with Crippen molar-refractivity contribution in [1.82, 2.24) is 5.32 Å². The van der Waals surface area contributed by atoms with E-state index in [0.717, 1.165) is 0 Å². The van der Waals surface area contributed by atoms with E-state index in [1.54, 1.807) is 0 Å². The van der Waals surface area contributed by atoms with Gasteiger partial charge in [-0.15, -0.1) is 0 Å². The molecule has 0 aliphatic rings. The van der Waals surface area contributed by atoms with Gasteiger partial charge in [0.25, 0.3) is 0 Å². The first-order valence-electron chi connectivity index (χ1n) is 6.66. The molecule has 108 valence electrons. The molecular formula is C13H29NO3Si. The van der Waals surface area contributed by atoms with E-state index in [4.69, 9.17) is 9.16 Å². The summed E-state index contributed by atoms with van der Waals surface area (Å²) in [5.74, 6) is -0.204. The number of carbonyl (C=O) groups excluding carboxylic acids is 1. The molecule has 0 rings (SSSR count). The largest absolute Gasteiger partial charge is 0.465 e. The average molecular weight is 275 g/mol. The fourth-order valence-electron chi connectivity index (χ4n) is 1.15. The molecule has 0 amide bonds. The standard InChI is InChI=1S/C13H29NO3Si/c1-8-16-12(15)11(2)14-9-10-17-18(6,7)13(3,4)5/h11,14H,8-10H2,1-7H3/t11-/m0/s1. The van der Waals surface area contributed by atoms with Gasteiger partial charge in [-0.2, -0.15) is 0 Å². The molecule has 0 radical (unpaired) electrons. The number of carbonyl (C=O) groups is 1. The molecule has 0 aliphatic carbocycles. The summed E-state index contributed by atoms with van der Waals surface area (Å²) in [5.41, 5.74) is 0. The molecule has 0 aromatic carbocycles. The van der Waals surface area contributed by atoms with Crippen molar-refractivity contribution < 1.29 is 14.0 Å². The Kier molecular flexibility index (Phi) is 7.10. The summed E-state index contributed by atoms with van der Waals surface area (Å²) in [4.78, 5) is 11.4. The molecule has 0 heterocycles. The molecule has 1 N–H and O–H groups in total. The van der Waals surface area contributed by atoms with Gasteiger partial charge in [0.05, 0.1) is 6.61 Å². The zero-order valence-corrected chi connectivity index (χ0v) is 13.9. The average Bonchev–Trinajstić information content (AvgIpc) is 2.22. The van der Waals surface area contributed by atoms with Crippen LogP contribution in [-0.2, 0) is 14.0 Å². The Morgan fingerprint density at radius 1 is 1.33 bits per heavy atom. The van der Waals surface area contributed by atoms with Crippen LogP contribution in [0.3, 0.4) is 0 Å². The Hall–Kier alpha value is -0.393. The van der Waals surface area contributed by atoms with Crippen LogP contribution in [0.2, 0.25) is 18.1 Å². The molecule has 0 aromatic heterocycles. The number of esters is 1. The normalized spacial score (nSPS) is 14.4. The van der Waals surface area contributed by atoms with E-state index in [0.29, 0.717) is 19.8 Å². The minimum Gasteiger partial charge on any atom is -0.465 e. The van der Waals surface area contributed by atoms with Gasteiger partial charge in [-0.25, -0.2) is 0 Å². The molecule has 0 spiro atoms. The quantitative estimate of drug-likeness (QED) is 0.441. The van der Waals surface area contributed by atoms with Gasteiger partial charge in [-0.1, -0.05) is 20.8 Å². The summed E-state index contributed by atoms with van der Waals surface area (Å²) < 4.78 is 10.9. The molecule has 0 unspecified atom stereocenters. The minimum absolute atomic E-state index is 0.204. The van der Waals surface area contributed by atoms with Gasteiger partial charge < -0.3 is 14.5 Å². The van der Waals surface area contributed by atoms with E-state index in [9.17, 15) is 4.79 Å². The van der Waals surface area contributed by atoms with E-state index in [-0.39, 0.29) is 17.0 Å². The van der Waals surface area contributed by atoms with Crippen molar-refractivity contribution in [3.05, 3.63) is 0 Å². The molecule has 18 heavy (non-hydrogen) atoms. The second kappa shape index (κ2) is 7.26. The van der Waals surface area contributed by atoms with Gasteiger partial charge in [0.2, 0.25) is 0 Å². The van der Waals surface area contributed by atoms with Gasteiger partial charge in [0.15, 0.2) is 8.32 Å². The summed E-state index contributed by atoms with van der Waals surface area (Å²) in [6.07, 6.45) is 0. The predicted octanol–water partition coefficient (Wildman–Crippen LogP) is 2.55. The second-order valence-electron chi connectivity index (χ2n) is 6.04. The Morgan fingerprint density at radius 2 is 1.89 bits per heavy atom. The van der Waals surface area contributed by atoms with Crippen LogP contribution in [0.25, 0.3) is 0 Å². The smallest absolute Gasteiger partial charge is 0.322 e. The zero-order chi connectivity index (χ0) is 14.4. The van der Waals surface area contributed by atoms with Gasteiger partial charge in [-0.3, -0.25) is 4.79 Å². The van der Waals surface area contributed by atoms with Gasteiger partial charge in [-0.05, 0) is 32.0 Å². The first-order valence-corrected chi connectivity index (χ1v) is 9.56. The number of rotatable bonds is 7. The van der Waals surface area contributed by atoms with Crippen molar-refractivity contribution in [2.75, 3.05) is 19.8 Å². The van der Waals surface area contributed by atoms with Crippen LogP contribution in [0.4, 0.5) is 0 Å². The first kappa shape index (κ1) is 17.6. The van der Waals surface area contributed by atoms with E-state index in [1.807, 2.05) is 13.8 Å². The predicted molar refractivity (Wildman–Crippen MR) is 77.2 cm³/mol. The fourth-order valence-corrected chi connectivity index (χ4v) is 2.19. The lowest BCUT2D eigenvalue weighted by Gasteiger charge is -2.36. The third-order valence-corrected chi connectivity index (χ3v) is 8.00. The van der Waals surface area contributed by atoms with Crippen molar-refractivity contribution in [3.8, 4) is 0 Å². The highest BCUT2D eigenvalue weighted by Crippen LogP contribution is 2.36. The second-order valence-corrected chi connectivity index (χ2v) is 10.8. The number of ether oxygens (including phenoxy) is 1. The minimum atomic E-state index is -1.68. The molecule has 0 aromatic rings. The van der Waals surface area contributed by atoms with Crippen LogP contribution in [0.1, 0.15) is 34.6 Å². The summed E-state index contributed by atoms with van der Waals surface area (Å²) in [6, 6.07) is -0.270. The van der Waals surface area contributed by atoms with Crippen LogP contribution >= 0.6 is 0 Å². The third kappa shape index (κ3) is 5.98. The molecule has 0 bridgehead atoms. The molecule has 0 saturated heterocycles.